The van der Waals surface area contributed by atoms with Gasteiger partial charge >= 0.3 is 6.03 Å². The van der Waals surface area contributed by atoms with Gasteiger partial charge in [-0.25, -0.2) is 22.9 Å². The Hall–Kier alpha value is -3.14. The number of benzene rings is 1. The van der Waals surface area contributed by atoms with E-state index >= 15 is 0 Å². The molecule has 2 aromatic heterocycles. The monoisotopic (exact) mass is 379 g/mol. The molecule has 7 nitrogen and oxygen atoms in total. The van der Waals surface area contributed by atoms with Crippen LogP contribution in [0.2, 0.25) is 0 Å². The highest BCUT2D eigenvalue weighted by Gasteiger charge is 2.18. The summed E-state index contributed by atoms with van der Waals surface area (Å²) < 4.78 is 43.8. The summed E-state index contributed by atoms with van der Waals surface area (Å²) in [4.78, 5) is 16.2. The van der Waals surface area contributed by atoms with Gasteiger partial charge in [-0.2, -0.15) is 5.10 Å². The number of ether oxygens (including phenoxy) is 1. The van der Waals surface area contributed by atoms with E-state index in [9.17, 15) is 18.0 Å². The minimum absolute atomic E-state index is 0.153. The van der Waals surface area contributed by atoms with Crippen LogP contribution in [0, 0.1) is 5.82 Å². The molecule has 2 heterocycles. The summed E-state index contributed by atoms with van der Waals surface area (Å²) in [5.74, 6) is -0.237. The van der Waals surface area contributed by atoms with Crippen LogP contribution in [0.1, 0.15) is 23.7 Å². The number of pyridine rings is 1. The molecule has 0 unspecified atom stereocenters. The minimum Gasteiger partial charge on any atom is -0.382 e. The first-order valence-corrected chi connectivity index (χ1v) is 7.92. The van der Waals surface area contributed by atoms with Crippen LogP contribution >= 0.6 is 0 Å². The first kappa shape index (κ1) is 18.6. The van der Waals surface area contributed by atoms with Crippen LogP contribution in [0.15, 0.2) is 36.5 Å². The lowest BCUT2D eigenvalue weighted by Crippen LogP contribution is -2.35. The van der Waals surface area contributed by atoms with Gasteiger partial charge in [0.05, 0.1) is 18.2 Å². The van der Waals surface area contributed by atoms with Gasteiger partial charge in [-0.3, -0.25) is 10.4 Å². The van der Waals surface area contributed by atoms with E-state index in [1.165, 1.54) is 31.5 Å². The third-order valence-electron chi connectivity index (χ3n) is 3.84. The number of hydrogen-bond donors (Lipinski definition) is 3. The van der Waals surface area contributed by atoms with E-state index in [1.54, 1.807) is 12.1 Å². The van der Waals surface area contributed by atoms with Crippen LogP contribution < -0.4 is 10.6 Å². The molecule has 3 aromatic rings. The molecule has 0 aliphatic heterocycles. The predicted molar refractivity (Wildman–Crippen MR) is 92.0 cm³/mol. The smallest absolute Gasteiger partial charge is 0.320 e. The second kappa shape index (κ2) is 8.04. The summed E-state index contributed by atoms with van der Waals surface area (Å²) >= 11 is 0. The van der Waals surface area contributed by atoms with E-state index < -0.39 is 24.2 Å². The van der Waals surface area contributed by atoms with Crippen molar-refractivity contribution in [3.8, 4) is 0 Å². The normalized spacial score (nSPS) is 12.3. The van der Waals surface area contributed by atoms with Gasteiger partial charge in [0.25, 0.3) is 6.43 Å². The molecule has 1 aromatic carbocycles. The van der Waals surface area contributed by atoms with Crippen molar-refractivity contribution in [1.29, 1.82) is 0 Å². The van der Waals surface area contributed by atoms with Gasteiger partial charge in [-0.15, -0.1) is 0 Å². The number of nitrogens with one attached hydrogen (secondary N) is 3. The van der Waals surface area contributed by atoms with Crippen molar-refractivity contribution in [2.24, 2.45) is 0 Å². The number of nitrogens with zero attached hydrogens (tertiary/aromatic N) is 2. The van der Waals surface area contributed by atoms with Crippen molar-refractivity contribution in [2.75, 3.05) is 19.0 Å². The number of aromatic amines is 1. The fourth-order valence-electron chi connectivity index (χ4n) is 2.56. The Balaban J connectivity index is 1.71. The number of hydrogen-bond acceptors (Lipinski definition) is 4. The fraction of sp³-hybridized carbons (Fsp3) is 0.235. The summed E-state index contributed by atoms with van der Waals surface area (Å²) in [7, 11) is 1.48. The molecule has 0 aliphatic rings. The van der Waals surface area contributed by atoms with E-state index in [0.717, 1.165) is 0 Å². The summed E-state index contributed by atoms with van der Waals surface area (Å²) in [6, 6.07) is 5.95. The van der Waals surface area contributed by atoms with Crippen molar-refractivity contribution < 1.29 is 22.7 Å². The highest BCUT2D eigenvalue weighted by Crippen LogP contribution is 2.25. The van der Waals surface area contributed by atoms with Gasteiger partial charge in [0.2, 0.25) is 0 Å². The topological polar surface area (TPSA) is 91.9 Å². The van der Waals surface area contributed by atoms with Crippen LogP contribution in [-0.4, -0.2) is 34.9 Å². The Morgan fingerprint density at radius 1 is 1.30 bits per heavy atom. The number of methoxy groups -OCH3 is 1. The first-order chi connectivity index (χ1) is 13.0. The summed E-state index contributed by atoms with van der Waals surface area (Å²) in [6.07, 6.45) is -1.52. The molecule has 0 fully saturated rings. The van der Waals surface area contributed by atoms with Crippen LogP contribution in [0.25, 0.3) is 10.9 Å². The highest BCUT2D eigenvalue weighted by atomic mass is 19.3. The Morgan fingerprint density at radius 2 is 2.04 bits per heavy atom. The molecule has 0 bridgehead atoms. The Bertz CT molecular complexity index is 930. The van der Waals surface area contributed by atoms with Crippen molar-refractivity contribution >= 4 is 22.8 Å². The number of fused-ring (bicyclic) bond motifs is 1. The fourth-order valence-corrected chi connectivity index (χ4v) is 2.56. The summed E-state index contributed by atoms with van der Waals surface area (Å²) in [5, 5.41) is 11.4. The first-order valence-electron chi connectivity index (χ1n) is 7.92. The van der Waals surface area contributed by atoms with Gasteiger partial charge in [-0.1, -0.05) is 12.1 Å². The number of alkyl halides is 2. The zero-order valence-electron chi connectivity index (χ0n) is 14.2. The van der Waals surface area contributed by atoms with Gasteiger partial charge in [0.1, 0.15) is 17.3 Å². The van der Waals surface area contributed by atoms with E-state index in [0.29, 0.717) is 11.1 Å². The Kier molecular flexibility index (Phi) is 5.55. The number of urea groups is 1. The number of aromatic nitrogens is 3. The van der Waals surface area contributed by atoms with E-state index in [-0.39, 0.29) is 23.6 Å². The maximum Gasteiger partial charge on any atom is 0.320 e. The maximum absolute atomic E-state index is 13.1. The van der Waals surface area contributed by atoms with E-state index in [1.807, 2.05) is 0 Å². The summed E-state index contributed by atoms with van der Waals surface area (Å²) in [5.41, 5.74) is 0.583. The largest absolute Gasteiger partial charge is 0.382 e. The molecule has 27 heavy (non-hydrogen) atoms. The Morgan fingerprint density at radius 3 is 2.70 bits per heavy atom. The standard InChI is InChI=1S/C17H16F3N5O2/c1-27-8-13(9-2-4-10(18)5-3-9)22-17(26)23-14-6-12-11(7-21-14)15(16(19)20)25-24-12/h2-7,13,16H,8H2,1H3,(H,24,25)(H2,21,22,23,26)/t13-/m1/s1. The number of H-pyrrole nitrogens is 1. The third kappa shape index (κ3) is 4.34. The van der Waals surface area contributed by atoms with Gasteiger partial charge in [-0.05, 0) is 17.7 Å². The van der Waals surface area contributed by atoms with Crippen molar-refractivity contribution in [3.63, 3.8) is 0 Å². The van der Waals surface area contributed by atoms with Crippen molar-refractivity contribution in [3.05, 3.63) is 53.6 Å². The molecule has 3 N–H and O–H groups in total. The van der Waals surface area contributed by atoms with Crippen LogP contribution in [0.4, 0.5) is 23.8 Å². The van der Waals surface area contributed by atoms with Crippen LogP contribution in [-0.2, 0) is 4.74 Å². The molecule has 0 saturated heterocycles. The SMILES string of the molecule is COC[C@@H](NC(=O)Nc1cc2[nH]nc(C(F)F)c2cn1)c1ccc(F)cc1. The van der Waals surface area contributed by atoms with Crippen LogP contribution in [0.5, 0.6) is 0 Å². The lowest BCUT2D eigenvalue weighted by Gasteiger charge is -2.18. The number of amides is 2. The van der Waals surface area contributed by atoms with Gasteiger partial charge < -0.3 is 10.1 Å². The third-order valence-corrected chi connectivity index (χ3v) is 3.84. The second-order valence-corrected chi connectivity index (χ2v) is 5.68. The Labute approximate surface area is 151 Å². The van der Waals surface area contributed by atoms with Crippen LogP contribution in [0.3, 0.4) is 0 Å². The number of carbonyl (C=O) groups excluding carboxylic acids is 1. The number of anilines is 1. The lowest BCUT2D eigenvalue weighted by molar-refractivity contribution is 0.147. The molecular weight excluding hydrogens is 363 g/mol. The minimum atomic E-state index is -2.73. The lowest BCUT2D eigenvalue weighted by atomic mass is 10.1. The highest BCUT2D eigenvalue weighted by molar-refractivity contribution is 5.91. The number of carbonyl (C=O) groups is 1. The van der Waals surface area contributed by atoms with Crippen molar-refractivity contribution in [1.82, 2.24) is 20.5 Å². The molecule has 10 heteroatoms. The molecule has 0 radical (unpaired) electrons. The molecule has 3 rings (SSSR count). The average molecular weight is 379 g/mol. The number of rotatable bonds is 6. The molecule has 2 amide bonds. The average Bonchev–Trinajstić information content (AvgIpc) is 3.05. The molecule has 142 valence electrons. The zero-order valence-corrected chi connectivity index (χ0v) is 14.2. The number of halogens is 3. The quantitative estimate of drug-likeness (QED) is 0.611. The van der Waals surface area contributed by atoms with Gasteiger partial charge in [0.15, 0.2) is 0 Å². The molecule has 0 spiro atoms. The zero-order chi connectivity index (χ0) is 19.4. The molecule has 1 atom stereocenters. The maximum atomic E-state index is 13.1. The van der Waals surface area contributed by atoms with Crippen molar-refractivity contribution in [2.45, 2.75) is 12.5 Å². The second-order valence-electron chi connectivity index (χ2n) is 5.68. The van der Waals surface area contributed by atoms with E-state index in [2.05, 4.69) is 25.8 Å². The molecule has 0 saturated carbocycles. The van der Waals surface area contributed by atoms with E-state index in [4.69, 9.17) is 4.74 Å². The molecular formula is C17H16F3N5O2. The molecule has 0 aliphatic carbocycles. The predicted octanol–water partition coefficient (Wildman–Crippen LogP) is 3.54. The van der Waals surface area contributed by atoms with Gasteiger partial charge in [0, 0.05) is 24.8 Å². The summed E-state index contributed by atoms with van der Waals surface area (Å²) in [6.45, 7) is 0.170.